The lowest BCUT2D eigenvalue weighted by Crippen LogP contribution is -2.44. The van der Waals surface area contributed by atoms with Gasteiger partial charge in [0.1, 0.15) is 6.54 Å². The summed E-state index contributed by atoms with van der Waals surface area (Å²) in [5.74, 6) is -0.330. The van der Waals surface area contributed by atoms with E-state index in [1.165, 1.54) is 0 Å². The molecule has 0 saturated heterocycles. The molecule has 0 atom stereocenters. The zero-order valence-electron chi connectivity index (χ0n) is 23.5. The van der Waals surface area contributed by atoms with Gasteiger partial charge in [-0.3, -0.25) is 9.59 Å². The summed E-state index contributed by atoms with van der Waals surface area (Å²) < 4.78 is 5.24. The maximum absolute atomic E-state index is 13.9. The van der Waals surface area contributed by atoms with E-state index in [1.54, 1.807) is 29.0 Å². The molecule has 0 saturated carbocycles. The highest BCUT2D eigenvalue weighted by Crippen LogP contribution is 2.24. The molecule has 1 heterocycles. The number of hydrogen-bond acceptors (Lipinski definition) is 3. The number of H-pyrrole nitrogens is 1. The number of hydrogen-bond donors (Lipinski definition) is 1. The van der Waals surface area contributed by atoms with Crippen LogP contribution in [0.2, 0.25) is 10.0 Å². The third-order valence-electron chi connectivity index (χ3n) is 7.42. The van der Waals surface area contributed by atoms with Crippen molar-refractivity contribution >= 4 is 56.7 Å². The monoisotopic (exact) mass is 601 g/mol. The second kappa shape index (κ2) is 13.9. The number of ether oxygens (including phenoxy) is 1. The Balaban J connectivity index is 1.39. The summed E-state index contributed by atoms with van der Waals surface area (Å²) in [6.07, 6.45) is 3.26. The number of carbonyl (C=O) groups excluding carboxylic acids is 2. The topological polar surface area (TPSA) is 65.6 Å². The maximum atomic E-state index is 13.9. The lowest BCUT2D eigenvalue weighted by atomic mass is 10.1. The van der Waals surface area contributed by atoms with Crippen LogP contribution in [0.5, 0.6) is 0 Å². The summed E-state index contributed by atoms with van der Waals surface area (Å²) in [5, 5.41) is 4.06. The number of carbonyl (C=O) groups is 2. The first-order valence-electron chi connectivity index (χ1n) is 14.0. The van der Waals surface area contributed by atoms with Crippen LogP contribution in [0, 0.1) is 0 Å². The Labute approximate surface area is 255 Å². The summed E-state index contributed by atoms with van der Waals surface area (Å²) >= 11 is 12.5. The van der Waals surface area contributed by atoms with Crippen molar-refractivity contribution in [3.05, 3.63) is 118 Å². The van der Waals surface area contributed by atoms with Gasteiger partial charge in [-0.25, -0.2) is 0 Å². The van der Waals surface area contributed by atoms with E-state index in [1.807, 2.05) is 72.9 Å². The minimum atomic E-state index is -0.184. The molecule has 6 nitrogen and oxygen atoms in total. The van der Waals surface area contributed by atoms with Crippen LogP contribution in [-0.2, 0) is 22.5 Å². The molecule has 0 aliphatic rings. The van der Waals surface area contributed by atoms with Crippen molar-refractivity contribution in [1.82, 2.24) is 14.8 Å². The van der Waals surface area contributed by atoms with Gasteiger partial charge in [-0.15, -0.1) is 0 Å². The van der Waals surface area contributed by atoms with Gasteiger partial charge in [0.2, 0.25) is 5.91 Å². The van der Waals surface area contributed by atoms with Gasteiger partial charge >= 0.3 is 0 Å². The SMILES string of the molecule is COCCCN(CC(=O)N(CCc1c[nH]c2ccccc12)Cc1ccc(Cl)c(Cl)c1)C(=O)c1ccc2ccccc2c1. The van der Waals surface area contributed by atoms with Gasteiger partial charge in [0.05, 0.1) is 10.0 Å². The molecule has 5 rings (SSSR count). The molecule has 0 fully saturated rings. The van der Waals surface area contributed by atoms with Crippen molar-refractivity contribution in [1.29, 1.82) is 0 Å². The van der Waals surface area contributed by atoms with Crippen molar-refractivity contribution in [2.45, 2.75) is 19.4 Å². The molecule has 0 radical (unpaired) electrons. The molecule has 0 aliphatic heterocycles. The lowest BCUT2D eigenvalue weighted by molar-refractivity contribution is -0.132. The number of methoxy groups -OCH3 is 1. The fraction of sp³-hybridized carbons (Fsp3) is 0.235. The summed E-state index contributed by atoms with van der Waals surface area (Å²) in [6, 6.07) is 27.1. The fourth-order valence-corrected chi connectivity index (χ4v) is 5.49. The van der Waals surface area contributed by atoms with Crippen LogP contribution in [-0.4, -0.2) is 59.9 Å². The standard InChI is InChI=1S/C34H33Cl2N3O3/c1-42-18-6-16-39(34(41)27-13-12-25-7-2-3-8-26(25)20-27)23-33(40)38(22-24-11-14-30(35)31(36)19-24)17-15-28-21-37-32-10-5-4-9-29(28)32/h2-5,7-14,19-21,37H,6,15-18,22-23H2,1H3. The van der Waals surface area contributed by atoms with Crippen LogP contribution in [0.1, 0.15) is 27.9 Å². The first kappa shape index (κ1) is 29.6. The van der Waals surface area contributed by atoms with Crippen LogP contribution in [0.15, 0.2) is 91.1 Å². The Morgan fingerprint density at radius 2 is 1.62 bits per heavy atom. The quantitative estimate of drug-likeness (QED) is 0.152. The molecule has 42 heavy (non-hydrogen) atoms. The van der Waals surface area contributed by atoms with Crippen LogP contribution in [0.4, 0.5) is 0 Å². The number of aromatic amines is 1. The minimum absolute atomic E-state index is 0.0510. The maximum Gasteiger partial charge on any atom is 0.254 e. The van der Waals surface area contributed by atoms with Crippen molar-refractivity contribution in [2.24, 2.45) is 0 Å². The molecule has 4 aromatic carbocycles. The number of fused-ring (bicyclic) bond motifs is 2. The van der Waals surface area contributed by atoms with E-state index in [0.717, 1.165) is 32.8 Å². The predicted octanol–water partition coefficient (Wildman–Crippen LogP) is 7.38. The van der Waals surface area contributed by atoms with E-state index in [4.69, 9.17) is 27.9 Å². The Hall–Kier alpha value is -3.84. The molecule has 1 N–H and O–H groups in total. The highest BCUT2D eigenvalue weighted by molar-refractivity contribution is 6.42. The predicted molar refractivity (Wildman–Crippen MR) is 170 cm³/mol. The molecule has 2 amide bonds. The van der Waals surface area contributed by atoms with Crippen molar-refractivity contribution in [3.63, 3.8) is 0 Å². The summed E-state index contributed by atoms with van der Waals surface area (Å²) in [5.41, 5.74) is 3.60. The largest absolute Gasteiger partial charge is 0.385 e. The number of halogens is 2. The van der Waals surface area contributed by atoms with E-state index < -0.39 is 0 Å². The summed E-state index contributed by atoms with van der Waals surface area (Å²) in [6.45, 7) is 1.65. The first-order valence-corrected chi connectivity index (χ1v) is 14.7. The summed E-state index contributed by atoms with van der Waals surface area (Å²) in [4.78, 5) is 34.4. The van der Waals surface area contributed by atoms with E-state index in [0.29, 0.717) is 54.7 Å². The highest BCUT2D eigenvalue weighted by Gasteiger charge is 2.23. The smallest absolute Gasteiger partial charge is 0.254 e. The Morgan fingerprint density at radius 3 is 2.43 bits per heavy atom. The number of nitrogens with zero attached hydrogens (tertiary/aromatic N) is 2. The number of benzene rings is 4. The van der Waals surface area contributed by atoms with Crippen molar-refractivity contribution in [2.75, 3.05) is 33.4 Å². The number of rotatable bonds is 12. The average Bonchev–Trinajstić information content (AvgIpc) is 3.43. The molecule has 0 aliphatic carbocycles. The Bertz CT molecular complexity index is 1700. The zero-order chi connectivity index (χ0) is 29.5. The van der Waals surface area contributed by atoms with Gasteiger partial charge < -0.3 is 19.5 Å². The second-order valence-electron chi connectivity index (χ2n) is 10.3. The fourth-order valence-electron chi connectivity index (χ4n) is 5.16. The van der Waals surface area contributed by atoms with E-state index in [-0.39, 0.29) is 18.4 Å². The number of para-hydroxylation sites is 1. The molecule has 8 heteroatoms. The van der Waals surface area contributed by atoms with Crippen molar-refractivity contribution < 1.29 is 14.3 Å². The third-order valence-corrected chi connectivity index (χ3v) is 8.16. The van der Waals surface area contributed by atoms with Gasteiger partial charge in [0, 0.05) is 56.0 Å². The second-order valence-corrected chi connectivity index (χ2v) is 11.1. The van der Waals surface area contributed by atoms with Gasteiger partial charge in [-0.2, -0.15) is 0 Å². The average molecular weight is 603 g/mol. The molecule has 0 spiro atoms. The molecule has 216 valence electrons. The van der Waals surface area contributed by atoms with Crippen LogP contribution >= 0.6 is 23.2 Å². The Morgan fingerprint density at radius 1 is 0.833 bits per heavy atom. The molecular formula is C34H33Cl2N3O3. The van der Waals surface area contributed by atoms with Crippen LogP contribution in [0.3, 0.4) is 0 Å². The number of nitrogens with one attached hydrogen (secondary N) is 1. The zero-order valence-corrected chi connectivity index (χ0v) is 25.0. The molecular weight excluding hydrogens is 569 g/mol. The third kappa shape index (κ3) is 7.13. The normalized spacial score (nSPS) is 11.2. The van der Waals surface area contributed by atoms with Crippen LogP contribution < -0.4 is 0 Å². The lowest BCUT2D eigenvalue weighted by Gasteiger charge is -2.28. The molecule has 1 aromatic heterocycles. The van der Waals surface area contributed by atoms with E-state index in [2.05, 4.69) is 11.1 Å². The van der Waals surface area contributed by atoms with Crippen LogP contribution in [0.25, 0.3) is 21.7 Å². The molecule has 0 unspecified atom stereocenters. The highest BCUT2D eigenvalue weighted by atomic mass is 35.5. The van der Waals surface area contributed by atoms with Gasteiger partial charge in [-0.05, 0) is 65.1 Å². The minimum Gasteiger partial charge on any atom is -0.385 e. The Kier molecular flexibility index (Phi) is 9.80. The molecule has 5 aromatic rings. The number of aromatic nitrogens is 1. The van der Waals surface area contributed by atoms with E-state index >= 15 is 0 Å². The van der Waals surface area contributed by atoms with E-state index in [9.17, 15) is 9.59 Å². The van der Waals surface area contributed by atoms with Crippen molar-refractivity contribution in [3.8, 4) is 0 Å². The number of amides is 2. The molecule has 0 bridgehead atoms. The van der Waals surface area contributed by atoms with Gasteiger partial charge in [0.15, 0.2) is 0 Å². The van der Waals surface area contributed by atoms with Gasteiger partial charge in [-0.1, -0.05) is 77.8 Å². The summed E-state index contributed by atoms with van der Waals surface area (Å²) in [7, 11) is 1.63. The first-order chi connectivity index (χ1) is 20.4. The van der Waals surface area contributed by atoms with Gasteiger partial charge in [0.25, 0.3) is 5.91 Å².